The van der Waals surface area contributed by atoms with Gasteiger partial charge in [-0.15, -0.1) is 0 Å². The van der Waals surface area contributed by atoms with Crippen molar-refractivity contribution in [1.82, 2.24) is 9.88 Å². The molecule has 0 spiro atoms. The van der Waals surface area contributed by atoms with E-state index in [0.29, 0.717) is 5.75 Å². The summed E-state index contributed by atoms with van der Waals surface area (Å²) in [6, 6.07) is 3.58. The normalized spacial score (nSPS) is 11.4. The van der Waals surface area contributed by atoms with Crippen LogP contribution in [-0.2, 0) is 6.54 Å². The van der Waals surface area contributed by atoms with Gasteiger partial charge in [-0.2, -0.15) is 0 Å². The van der Waals surface area contributed by atoms with E-state index in [4.69, 9.17) is 0 Å². The molecule has 0 saturated heterocycles. The van der Waals surface area contributed by atoms with Gasteiger partial charge in [-0.25, -0.2) is 0 Å². The molecule has 1 N–H and O–H groups in total. The fourth-order valence-electron chi connectivity index (χ4n) is 2.15. The number of hydrogen-bond acceptors (Lipinski definition) is 3. The third-order valence-corrected chi connectivity index (χ3v) is 3.58. The number of aryl methyl sites for hydroxylation is 1. The second-order valence-electron chi connectivity index (χ2n) is 4.93. The van der Waals surface area contributed by atoms with Gasteiger partial charge in [-0.05, 0) is 31.5 Å². The van der Waals surface area contributed by atoms with Crippen molar-refractivity contribution in [2.24, 2.45) is 5.92 Å². The fourth-order valence-corrected chi connectivity index (χ4v) is 2.15. The molecule has 0 fully saturated rings. The van der Waals surface area contributed by atoms with Crippen LogP contribution in [0.3, 0.4) is 0 Å². The molecule has 0 aliphatic carbocycles. The quantitative estimate of drug-likeness (QED) is 0.806. The van der Waals surface area contributed by atoms with Gasteiger partial charge >= 0.3 is 0 Å². The van der Waals surface area contributed by atoms with Crippen LogP contribution in [-0.4, -0.2) is 28.1 Å². The van der Waals surface area contributed by atoms with Crippen molar-refractivity contribution in [2.75, 3.05) is 13.1 Å². The zero-order chi connectivity index (χ0) is 13.5. The van der Waals surface area contributed by atoms with Crippen molar-refractivity contribution in [2.45, 2.75) is 47.1 Å². The molecule has 0 amide bonds. The highest BCUT2D eigenvalue weighted by atomic mass is 16.3. The van der Waals surface area contributed by atoms with E-state index in [1.807, 2.05) is 13.0 Å². The van der Waals surface area contributed by atoms with Gasteiger partial charge in [-0.3, -0.25) is 9.88 Å². The fraction of sp³-hybridized carbons (Fsp3) is 0.667. The lowest BCUT2D eigenvalue weighted by Crippen LogP contribution is -2.29. The van der Waals surface area contributed by atoms with Crippen LogP contribution in [0.2, 0.25) is 0 Å². The SMILES string of the molecule is CCC(CC)CN(CC)Cc1nc(C)ccc1O. The van der Waals surface area contributed by atoms with Gasteiger partial charge in [0.25, 0.3) is 0 Å². The number of nitrogens with zero attached hydrogens (tertiary/aromatic N) is 2. The van der Waals surface area contributed by atoms with Crippen molar-refractivity contribution in [1.29, 1.82) is 0 Å². The molecular formula is C15H26N2O. The molecular weight excluding hydrogens is 224 g/mol. The third-order valence-electron chi connectivity index (χ3n) is 3.58. The van der Waals surface area contributed by atoms with Gasteiger partial charge in [0, 0.05) is 18.8 Å². The lowest BCUT2D eigenvalue weighted by molar-refractivity contribution is 0.221. The number of aromatic nitrogens is 1. The van der Waals surface area contributed by atoms with Gasteiger partial charge < -0.3 is 5.11 Å². The van der Waals surface area contributed by atoms with E-state index in [-0.39, 0.29) is 0 Å². The van der Waals surface area contributed by atoms with Crippen LogP contribution in [0, 0.1) is 12.8 Å². The van der Waals surface area contributed by atoms with E-state index in [1.165, 1.54) is 12.8 Å². The molecule has 0 aliphatic rings. The Bertz CT molecular complexity index is 362. The van der Waals surface area contributed by atoms with Crippen LogP contribution in [0.25, 0.3) is 0 Å². The summed E-state index contributed by atoms with van der Waals surface area (Å²) in [7, 11) is 0. The first-order valence-corrected chi connectivity index (χ1v) is 6.98. The van der Waals surface area contributed by atoms with E-state index in [0.717, 1.165) is 36.9 Å². The molecule has 3 heteroatoms. The highest BCUT2D eigenvalue weighted by molar-refractivity contribution is 5.27. The summed E-state index contributed by atoms with van der Waals surface area (Å²) < 4.78 is 0. The zero-order valence-corrected chi connectivity index (χ0v) is 12.1. The molecule has 0 unspecified atom stereocenters. The molecule has 1 aromatic heterocycles. The number of pyridine rings is 1. The monoisotopic (exact) mass is 250 g/mol. The molecule has 0 radical (unpaired) electrons. The smallest absolute Gasteiger partial charge is 0.138 e. The molecule has 0 aromatic carbocycles. The van der Waals surface area contributed by atoms with Gasteiger partial charge in [0.15, 0.2) is 0 Å². The lowest BCUT2D eigenvalue weighted by atomic mass is 10.0. The molecule has 1 rings (SSSR count). The molecule has 1 heterocycles. The van der Waals surface area contributed by atoms with Crippen molar-refractivity contribution in [3.05, 3.63) is 23.5 Å². The van der Waals surface area contributed by atoms with Crippen molar-refractivity contribution >= 4 is 0 Å². The molecule has 3 nitrogen and oxygen atoms in total. The highest BCUT2D eigenvalue weighted by Crippen LogP contribution is 2.18. The lowest BCUT2D eigenvalue weighted by Gasteiger charge is -2.25. The second kappa shape index (κ2) is 7.37. The standard InChI is InChI=1S/C15H26N2O/c1-5-13(6-2)10-17(7-3)11-14-15(18)9-8-12(4)16-14/h8-9,13,18H,5-7,10-11H2,1-4H3. The van der Waals surface area contributed by atoms with E-state index in [2.05, 4.69) is 30.7 Å². The Hall–Kier alpha value is -1.09. The summed E-state index contributed by atoms with van der Waals surface area (Å²) in [4.78, 5) is 6.79. The molecule has 0 bridgehead atoms. The molecule has 102 valence electrons. The maximum atomic E-state index is 9.84. The molecule has 0 saturated carbocycles. The maximum absolute atomic E-state index is 9.84. The topological polar surface area (TPSA) is 36.4 Å². The van der Waals surface area contributed by atoms with Gasteiger partial charge in [0.1, 0.15) is 5.75 Å². The molecule has 0 aliphatic heterocycles. The van der Waals surface area contributed by atoms with E-state index in [9.17, 15) is 5.11 Å². The van der Waals surface area contributed by atoms with Crippen molar-refractivity contribution in [3.63, 3.8) is 0 Å². The zero-order valence-electron chi connectivity index (χ0n) is 12.1. The average Bonchev–Trinajstić information content (AvgIpc) is 2.38. The summed E-state index contributed by atoms with van der Waals surface area (Å²) in [6.45, 7) is 11.4. The minimum Gasteiger partial charge on any atom is -0.506 e. The Labute approximate surface area is 111 Å². The molecule has 0 atom stereocenters. The van der Waals surface area contributed by atoms with Crippen LogP contribution >= 0.6 is 0 Å². The second-order valence-corrected chi connectivity index (χ2v) is 4.93. The van der Waals surface area contributed by atoms with Gasteiger partial charge in [-0.1, -0.05) is 33.6 Å². The van der Waals surface area contributed by atoms with E-state index >= 15 is 0 Å². The summed E-state index contributed by atoms with van der Waals surface area (Å²) in [6.07, 6.45) is 2.42. The van der Waals surface area contributed by atoms with Gasteiger partial charge in [0.2, 0.25) is 0 Å². The molecule has 1 aromatic rings. The largest absolute Gasteiger partial charge is 0.506 e. The van der Waals surface area contributed by atoms with E-state index in [1.54, 1.807) is 6.07 Å². The summed E-state index contributed by atoms with van der Waals surface area (Å²) in [5.74, 6) is 1.04. The summed E-state index contributed by atoms with van der Waals surface area (Å²) >= 11 is 0. The minimum absolute atomic E-state index is 0.309. The highest BCUT2D eigenvalue weighted by Gasteiger charge is 2.13. The molecule has 18 heavy (non-hydrogen) atoms. The average molecular weight is 250 g/mol. The first kappa shape index (κ1) is 15.0. The predicted molar refractivity (Wildman–Crippen MR) is 75.7 cm³/mol. The Morgan fingerprint density at radius 3 is 2.44 bits per heavy atom. The summed E-state index contributed by atoms with van der Waals surface area (Å²) in [5.41, 5.74) is 1.75. The predicted octanol–water partition coefficient (Wildman–Crippen LogP) is 3.35. The van der Waals surface area contributed by atoms with Gasteiger partial charge in [0.05, 0.1) is 5.69 Å². The minimum atomic E-state index is 0.309. The Morgan fingerprint density at radius 1 is 1.22 bits per heavy atom. The van der Waals surface area contributed by atoms with Crippen LogP contribution in [0.4, 0.5) is 0 Å². The Kier molecular flexibility index (Phi) is 6.13. The first-order valence-electron chi connectivity index (χ1n) is 6.98. The van der Waals surface area contributed by atoms with Crippen LogP contribution in [0.15, 0.2) is 12.1 Å². The summed E-state index contributed by atoms with van der Waals surface area (Å²) in [5, 5.41) is 9.84. The van der Waals surface area contributed by atoms with Crippen LogP contribution < -0.4 is 0 Å². The van der Waals surface area contributed by atoms with Crippen LogP contribution in [0.5, 0.6) is 5.75 Å². The maximum Gasteiger partial charge on any atom is 0.138 e. The number of rotatable bonds is 7. The third kappa shape index (κ3) is 4.30. The Morgan fingerprint density at radius 2 is 1.89 bits per heavy atom. The van der Waals surface area contributed by atoms with Crippen LogP contribution in [0.1, 0.15) is 45.0 Å². The number of hydrogen-bond donors (Lipinski definition) is 1. The van der Waals surface area contributed by atoms with Crippen molar-refractivity contribution in [3.8, 4) is 5.75 Å². The van der Waals surface area contributed by atoms with Crippen molar-refractivity contribution < 1.29 is 5.11 Å². The van der Waals surface area contributed by atoms with E-state index < -0.39 is 0 Å². The Balaban J connectivity index is 2.70. The first-order chi connectivity index (χ1) is 8.60. The number of aromatic hydroxyl groups is 1.